The zero-order chi connectivity index (χ0) is 18.1. The van der Waals surface area contributed by atoms with Crippen LogP contribution in [0.4, 0.5) is 5.82 Å². The molecule has 0 bridgehead atoms. The summed E-state index contributed by atoms with van der Waals surface area (Å²) in [5.74, 6) is -0.165. The maximum atomic E-state index is 10.7. The zero-order valence-corrected chi connectivity index (χ0v) is 15.6. The van der Waals surface area contributed by atoms with Crippen molar-refractivity contribution in [1.82, 2.24) is 9.88 Å². The number of rotatable bonds is 3. The van der Waals surface area contributed by atoms with Crippen LogP contribution in [0.3, 0.4) is 0 Å². The van der Waals surface area contributed by atoms with Gasteiger partial charge in [0.25, 0.3) is 0 Å². The van der Waals surface area contributed by atoms with Crippen molar-refractivity contribution in [3.8, 4) is 0 Å². The minimum Gasteiger partial charge on any atom is -0.358 e. The zero-order valence-electron chi connectivity index (χ0n) is 14.8. The van der Waals surface area contributed by atoms with E-state index in [4.69, 9.17) is 9.47 Å². The molecule has 0 radical (unpaired) electrons. The highest BCUT2D eigenvalue weighted by Crippen LogP contribution is 2.24. The number of nitrogens with zero attached hydrogens (tertiary/aromatic N) is 3. The van der Waals surface area contributed by atoms with Crippen molar-refractivity contribution >= 4 is 27.1 Å². The molecule has 7 nitrogen and oxygen atoms in total. The normalized spacial score (nSPS) is 15.9. The maximum absolute atomic E-state index is 10.7. The first-order valence-electron chi connectivity index (χ1n) is 7.61. The molecule has 8 heteroatoms. The molecule has 0 fully saturated rings. The first-order chi connectivity index (χ1) is 10.9. The topological polar surface area (TPSA) is 77.7 Å². The van der Waals surface area contributed by atoms with Crippen LogP contribution in [-0.2, 0) is 16.0 Å². The number of hydrogen-bond acceptors (Lipinski definition) is 6. The Morgan fingerprint density at radius 2 is 1.67 bits per heavy atom. The summed E-state index contributed by atoms with van der Waals surface area (Å²) in [6, 6.07) is 3.09. The summed E-state index contributed by atoms with van der Waals surface area (Å²) < 4.78 is 11.9. The van der Waals surface area contributed by atoms with Gasteiger partial charge in [0, 0.05) is 18.2 Å². The van der Waals surface area contributed by atoms with Crippen LogP contribution >= 0.6 is 10.9 Å². The van der Waals surface area contributed by atoms with Gasteiger partial charge >= 0.3 is 5.82 Å². The molecular weight excluding hydrogens is 330 g/mol. The van der Waals surface area contributed by atoms with Crippen molar-refractivity contribution in [2.24, 2.45) is 0 Å². The molecule has 1 aromatic rings. The number of pyridine rings is 1. The lowest BCUT2D eigenvalue weighted by Gasteiger charge is -2.35. The fourth-order valence-electron chi connectivity index (χ4n) is 1.83. The second-order valence-electron chi connectivity index (χ2n) is 7.43. The standard InChI is InChI=1S/C16H23N3O4S/c1-15(2,3)22-13-18(14(24-13)23-16(4,5)6)10-11-7-8-12(17-9-11)19(20)21/h7-9H,10H2,1-6H3. The largest absolute Gasteiger partial charge is 0.363 e. The molecule has 0 saturated heterocycles. The van der Waals surface area contributed by atoms with E-state index >= 15 is 0 Å². The van der Waals surface area contributed by atoms with Gasteiger partial charge in [-0.05, 0) is 57.5 Å². The Kier molecular flexibility index (Phi) is 5.24. The highest BCUT2D eigenvalue weighted by atomic mass is 32.1. The van der Waals surface area contributed by atoms with Gasteiger partial charge in [-0.1, -0.05) is 10.9 Å². The molecule has 0 aliphatic carbocycles. The van der Waals surface area contributed by atoms with Gasteiger partial charge in [-0.3, -0.25) is 0 Å². The van der Waals surface area contributed by atoms with Crippen molar-refractivity contribution in [2.75, 3.05) is 0 Å². The van der Waals surface area contributed by atoms with E-state index < -0.39 is 4.92 Å². The van der Waals surface area contributed by atoms with E-state index in [1.165, 1.54) is 23.2 Å². The number of aromatic nitrogens is 1. The molecule has 0 saturated carbocycles. The van der Waals surface area contributed by atoms with E-state index in [-0.39, 0.29) is 17.0 Å². The smallest absolute Gasteiger partial charge is 0.358 e. The lowest BCUT2D eigenvalue weighted by molar-refractivity contribution is -0.389. The third kappa shape index (κ3) is 5.20. The van der Waals surface area contributed by atoms with Crippen LogP contribution in [0.5, 0.6) is 0 Å². The van der Waals surface area contributed by atoms with Gasteiger partial charge in [0.05, 0.1) is 11.2 Å². The van der Waals surface area contributed by atoms with Gasteiger partial charge in [0.15, 0.2) is 10.3 Å². The summed E-state index contributed by atoms with van der Waals surface area (Å²) in [7, 11) is 1.45. The van der Waals surface area contributed by atoms with Gasteiger partial charge in [0.1, 0.15) is 6.20 Å². The Labute approximate surface area is 145 Å². The van der Waals surface area contributed by atoms with Crippen LogP contribution in [-0.4, -0.2) is 36.4 Å². The third-order valence-corrected chi connectivity index (χ3v) is 3.70. The van der Waals surface area contributed by atoms with E-state index in [0.717, 1.165) is 15.9 Å². The third-order valence-electron chi connectivity index (χ3n) is 2.74. The van der Waals surface area contributed by atoms with Crippen molar-refractivity contribution in [2.45, 2.75) is 59.3 Å². The molecule has 1 aromatic heterocycles. The SMILES string of the molecule is CC(C)(C)OC1=S=C(OC(C)(C)C)N1Cc1ccc([N+](=O)[O-])nc1. The van der Waals surface area contributed by atoms with Gasteiger partial charge in [-0.25, -0.2) is 0 Å². The number of ether oxygens (including phenoxy) is 2. The predicted molar refractivity (Wildman–Crippen MR) is 95.7 cm³/mol. The van der Waals surface area contributed by atoms with Crippen LogP contribution < -0.4 is 0 Å². The minimum atomic E-state index is -0.510. The molecule has 24 heavy (non-hydrogen) atoms. The number of hydrogen-bond donors (Lipinski definition) is 0. The summed E-state index contributed by atoms with van der Waals surface area (Å²) in [6.45, 7) is 12.4. The second-order valence-corrected chi connectivity index (χ2v) is 8.33. The van der Waals surface area contributed by atoms with Crippen molar-refractivity contribution in [1.29, 1.82) is 0 Å². The van der Waals surface area contributed by atoms with Gasteiger partial charge in [-0.15, -0.1) is 0 Å². The molecular formula is C16H23N3O4S. The molecule has 0 aromatic carbocycles. The molecule has 0 N–H and O–H groups in total. The molecule has 132 valence electrons. The summed E-state index contributed by atoms with van der Waals surface area (Å²) in [4.78, 5) is 16.0. The summed E-state index contributed by atoms with van der Waals surface area (Å²) in [6.07, 6.45) is 1.50. The lowest BCUT2D eigenvalue weighted by atomic mass is 10.2. The second kappa shape index (κ2) is 6.72. The fraction of sp³-hybridized carbons (Fsp3) is 0.562. The van der Waals surface area contributed by atoms with Gasteiger partial charge in [0.2, 0.25) is 0 Å². The van der Waals surface area contributed by atoms with Crippen molar-refractivity contribution < 1.29 is 14.4 Å². The fourth-order valence-corrected chi connectivity index (χ4v) is 2.94. The molecule has 2 rings (SSSR count). The van der Waals surface area contributed by atoms with Gasteiger partial charge in [-0.2, -0.15) is 4.90 Å². The highest BCUT2D eigenvalue weighted by molar-refractivity contribution is 7.99. The average Bonchev–Trinajstić information content (AvgIpc) is 2.41. The molecule has 1 aliphatic rings. The van der Waals surface area contributed by atoms with Crippen LogP contribution in [0, 0.1) is 10.1 Å². The number of nitro groups is 1. The average molecular weight is 353 g/mol. The quantitative estimate of drug-likeness (QED) is 0.471. The lowest BCUT2D eigenvalue weighted by Crippen LogP contribution is -2.47. The summed E-state index contributed by atoms with van der Waals surface area (Å²) in [5, 5.41) is 12.2. The summed E-state index contributed by atoms with van der Waals surface area (Å²) >= 11 is 0. The predicted octanol–water partition coefficient (Wildman–Crippen LogP) is 3.34. The van der Waals surface area contributed by atoms with Crippen LogP contribution in [0.15, 0.2) is 18.3 Å². The molecule has 0 atom stereocenters. The van der Waals surface area contributed by atoms with E-state index in [1.807, 2.05) is 46.4 Å². The van der Waals surface area contributed by atoms with Crippen molar-refractivity contribution in [3.05, 3.63) is 34.0 Å². The molecule has 2 heterocycles. The first-order valence-corrected chi connectivity index (χ1v) is 8.43. The molecule has 0 spiro atoms. The van der Waals surface area contributed by atoms with Crippen molar-refractivity contribution in [3.63, 3.8) is 0 Å². The molecule has 0 amide bonds. The Balaban J connectivity index is 2.17. The maximum Gasteiger partial charge on any atom is 0.363 e. The Bertz CT molecular complexity index is 668. The summed E-state index contributed by atoms with van der Waals surface area (Å²) in [5.41, 5.74) is 0.203. The Morgan fingerprint density at radius 1 is 1.12 bits per heavy atom. The van der Waals surface area contributed by atoms with E-state index in [0.29, 0.717) is 6.54 Å². The van der Waals surface area contributed by atoms with E-state index in [1.54, 1.807) is 6.07 Å². The van der Waals surface area contributed by atoms with E-state index in [9.17, 15) is 10.1 Å². The van der Waals surface area contributed by atoms with Crippen LogP contribution in [0.25, 0.3) is 0 Å². The highest BCUT2D eigenvalue weighted by Gasteiger charge is 2.32. The van der Waals surface area contributed by atoms with Crippen LogP contribution in [0.2, 0.25) is 0 Å². The molecule has 0 unspecified atom stereocenters. The van der Waals surface area contributed by atoms with E-state index in [2.05, 4.69) is 4.98 Å². The molecule has 1 aliphatic heterocycles. The minimum absolute atomic E-state index is 0.165. The Morgan fingerprint density at radius 3 is 2.04 bits per heavy atom. The van der Waals surface area contributed by atoms with Crippen LogP contribution in [0.1, 0.15) is 47.1 Å². The monoisotopic (exact) mass is 353 g/mol. The Hall–Kier alpha value is -1.61. The first kappa shape index (κ1) is 18.7. The van der Waals surface area contributed by atoms with Gasteiger partial charge < -0.3 is 19.6 Å².